The van der Waals surface area contributed by atoms with Crippen molar-refractivity contribution in [2.24, 2.45) is 0 Å². The summed E-state index contributed by atoms with van der Waals surface area (Å²) in [6, 6.07) is 4.02. The average Bonchev–Trinajstić information content (AvgIpc) is 2.46. The van der Waals surface area contributed by atoms with Crippen molar-refractivity contribution in [1.29, 1.82) is 0 Å². The Morgan fingerprint density at radius 2 is 2.16 bits per heavy atom. The van der Waals surface area contributed by atoms with Crippen LogP contribution in [0.25, 0.3) is 0 Å². The summed E-state index contributed by atoms with van der Waals surface area (Å²) in [5.41, 5.74) is 2.22. The second kappa shape index (κ2) is 6.33. The minimum absolute atomic E-state index is 0.493. The van der Waals surface area contributed by atoms with E-state index in [9.17, 15) is 0 Å². The van der Waals surface area contributed by atoms with Crippen LogP contribution in [-0.4, -0.2) is 22.0 Å². The van der Waals surface area contributed by atoms with E-state index in [0.717, 1.165) is 12.1 Å². The largest absolute Gasteiger partial charge is 0.363 e. The van der Waals surface area contributed by atoms with E-state index in [4.69, 9.17) is 11.6 Å². The zero-order chi connectivity index (χ0) is 13.7. The summed E-state index contributed by atoms with van der Waals surface area (Å²) in [4.78, 5) is 12.7. The fourth-order valence-electron chi connectivity index (χ4n) is 1.73. The quantitative estimate of drug-likeness (QED) is 0.880. The van der Waals surface area contributed by atoms with Gasteiger partial charge in [-0.15, -0.1) is 0 Å². The zero-order valence-electron chi connectivity index (χ0n) is 10.9. The summed E-state index contributed by atoms with van der Waals surface area (Å²) >= 11 is 6.06. The summed E-state index contributed by atoms with van der Waals surface area (Å²) < 4.78 is 0. The van der Waals surface area contributed by atoms with Crippen LogP contribution in [0.15, 0.2) is 24.5 Å². The molecule has 100 valence electrons. The highest BCUT2D eigenvalue weighted by Crippen LogP contribution is 2.20. The van der Waals surface area contributed by atoms with Gasteiger partial charge in [0.2, 0.25) is 5.95 Å². The predicted molar refractivity (Wildman–Crippen MR) is 77.5 cm³/mol. The lowest BCUT2D eigenvalue weighted by Gasteiger charge is -2.10. The average molecular weight is 278 g/mol. The SMILES string of the molecule is CCc1cccnc1CNc1nc(NC)ncc1Cl. The second-order valence-electron chi connectivity index (χ2n) is 3.96. The number of pyridine rings is 1. The molecule has 2 aromatic rings. The van der Waals surface area contributed by atoms with Crippen molar-refractivity contribution in [3.8, 4) is 0 Å². The van der Waals surface area contributed by atoms with Crippen LogP contribution in [-0.2, 0) is 13.0 Å². The third-order valence-electron chi connectivity index (χ3n) is 2.76. The van der Waals surface area contributed by atoms with E-state index < -0.39 is 0 Å². The molecule has 0 fully saturated rings. The summed E-state index contributed by atoms with van der Waals surface area (Å²) in [7, 11) is 1.76. The Hall–Kier alpha value is -1.88. The molecule has 0 amide bonds. The molecule has 19 heavy (non-hydrogen) atoms. The molecule has 0 atom stereocenters. The number of aromatic nitrogens is 3. The lowest BCUT2D eigenvalue weighted by molar-refractivity contribution is 0.962. The highest BCUT2D eigenvalue weighted by molar-refractivity contribution is 6.32. The summed E-state index contributed by atoms with van der Waals surface area (Å²) in [6.45, 7) is 2.70. The maximum atomic E-state index is 6.06. The first-order valence-electron chi connectivity index (χ1n) is 6.11. The molecule has 2 heterocycles. The summed E-state index contributed by atoms with van der Waals surface area (Å²) in [6.07, 6.45) is 4.31. The predicted octanol–water partition coefficient (Wildman–Crippen LogP) is 2.74. The number of hydrogen-bond donors (Lipinski definition) is 2. The molecule has 2 N–H and O–H groups in total. The standard InChI is InChI=1S/C13H16ClN5/c1-3-9-5-4-6-16-11(9)8-17-12-10(14)7-18-13(15-2)19-12/h4-7H,3,8H2,1-2H3,(H2,15,17,18,19). The Kier molecular flexibility index (Phi) is 4.52. The van der Waals surface area contributed by atoms with Crippen molar-refractivity contribution in [1.82, 2.24) is 15.0 Å². The molecule has 2 rings (SSSR count). The number of rotatable bonds is 5. The van der Waals surface area contributed by atoms with Gasteiger partial charge >= 0.3 is 0 Å². The third-order valence-corrected chi connectivity index (χ3v) is 3.03. The number of nitrogens with one attached hydrogen (secondary N) is 2. The van der Waals surface area contributed by atoms with Gasteiger partial charge in [-0.05, 0) is 18.1 Å². The molecule has 0 aliphatic rings. The van der Waals surface area contributed by atoms with E-state index in [1.54, 1.807) is 19.4 Å². The van der Waals surface area contributed by atoms with Crippen LogP contribution in [0.5, 0.6) is 0 Å². The number of nitrogens with zero attached hydrogens (tertiary/aromatic N) is 3. The Morgan fingerprint density at radius 3 is 2.89 bits per heavy atom. The first-order chi connectivity index (χ1) is 9.24. The number of anilines is 2. The molecule has 0 aromatic carbocycles. The number of halogens is 1. The van der Waals surface area contributed by atoms with Gasteiger partial charge in [-0.2, -0.15) is 4.98 Å². The van der Waals surface area contributed by atoms with Crippen molar-refractivity contribution in [3.05, 3.63) is 40.8 Å². The van der Waals surface area contributed by atoms with E-state index in [-0.39, 0.29) is 0 Å². The molecular formula is C13H16ClN5. The Bertz CT molecular complexity index is 558. The minimum atomic E-state index is 0.493. The lowest BCUT2D eigenvalue weighted by Crippen LogP contribution is -2.08. The Morgan fingerprint density at radius 1 is 1.32 bits per heavy atom. The van der Waals surface area contributed by atoms with Gasteiger partial charge in [0.1, 0.15) is 5.02 Å². The molecule has 0 saturated heterocycles. The van der Waals surface area contributed by atoms with E-state index >= 15 is 0 Å². The van der Waals surface area contributed by atoms with E-state index in [1.807, 2.05) is 6.07 Å². The van der Waals surface area contributed by atoms with Gasteiger partial charge in [-0.3, -0.25) is 4.98 Å². The summed E-state index contributed by atoms with van der Waals surface area (Å²) in [5, 5.41) is 6.57. The molecule has 5 nitrogen and oxygen atoms in total. The van der Waals surface area contributed by atoms with Crippen LogP contribution in [0.3, 0.4) is 0 Å². The van der Waals surface area contributed by atoms with Crippen LogP contribution in [0.2, 0.25) is 5.02 Å². The minimum Gasteiger partial charge on any atom is -0.363 e. The molecule has 6 heteroatoms. The van der Waals surface area contributed by atoms with E-state index in [0.29, 0.717) is 23.3 Å². The Balaban J connectivity index is 2.14. The molecule has 0 aliphatic carbocycles. The highest BCUT2D eigenvalue weighted by Gasteiger charge is 2.06. The van der Waals surface area contributed by atoms with Crippen LogP contribution < -0.4 is 10.6 Å². The van der Waals surface area contributed by atoms with Gasteiger partial charge in [0, 0.05) is 13.2 Å². The maximum absolute atomic E-state index is 6.06. The topological polar surface area (TPSA) is 62.7 Å². The smallest absolute Gasteiger partial charge is 0.224 e. The van der Waals surface area contributed by atoms with Crippen molar-refractivity contribution < 1.29 is 0 Å². The van der Waals surface area contributed by atoms with Crippen LogP contribution in [0, 0.1) is 0 Å². The molecular weight excluding hydrogens is 262 g/mol. The molecule has 0 saturated carbocycles. The van der Waals surface area contributed by atoms with Crippen LogP contribution >= 0.6 is 11.6 Å². The van der Waals surface area contributed by atoms with Crippen LogP contribution in [0.1, 0.15) is 18.2 Å². The normalized spacial score (nSPS) is 10.3. The first-order valence-corrected chi connectivity index (χ1v) is 6.49. The molecule has 2 aromatic heterocycles. The van der Waals surface area contributed by atoms with Gasteiger partial charge in [-0.1, -0.05) is 24.6 Å². The monoisotopic (exact) mass is 277 g/mol. The third kappa shape index (κ3) is 3.32. The van der Waals surface area contributed by atoms with Crippen LogP contribution in [0.4, 0.5) is 11.8 Å². The molecule has 0 aliphatic heterocycles. The van der Waals surface area contributed by atoms with Crippen molar-refractivity contribution in [2.75, 3.05) is 17.7 Å². The Labute approximate surface area is 117 Å². The molecule has 0 bridgehead atoms. The maximum Gasteiger partial charge on any atom is 0.224 e. The van der Waals surface area contributed by atoms with Gasteiger partial charge in [0.05, 0.1) is 18.4 Å². The lowest BCUT2D eigenvalue weighted by atomic mass is 10.1. The van der Waals surface area contributed by atoms with Crippen molar-refractivity contribution >= 4 is 23.4 Å². The highest BCUT2D eigenvalue weighted by atomic mass is 35.5. The van der Waals surface area contributed by atoms with Crippen molar-refractivity contribution in [3.63, 3.8) is 0 Å². The van der Waals surface area contributed by atoms with Gasteiger partial charge in [0.15, 0.2) is 5.82 Å². The van der Waals surface area contributed by atoms with Gasteiger partial charge in [-0.25, -0.2) is 4.98 Å². The van der Waals surface area contributed by atoms with Crippen molar-refractivity contribution in [2.45, 2.75) is 19.9 Å². The fraction of sp³-hybridized carbons (Fsp3) is 0.308. The molecule has 0 radical (unpaired) electrons. The second-order valence-corrected chi connectivity index (χ2v) is 4.36. The molecule has 0 spiro atoms. The van der Waals surface area contributed by atoms with Gasteiger partial charge in [0.25, 0.3) is 0 Å². The number of hydrogen-bond acceptors (Lipinski definition) is 5. The first kappa shape index (κ1) is 13.5. The van der Waals surface area contributed by atoms with E-state index in [2.05, 4.69) is 38.6 Å². The van der Waals surface area contributed by atoms with Gasteiger partial charge < -0.3 is 10.6 Å². The molecule has 0 unspecified atom stereocenters. The summed E-state index contributed by atoms with van der Waals surface area (Å²) in [5.74, 6) is 1.14. The zero-order valence-corrected chi connectivity index (χ0v) is 11.7. The fourth-order valence-corrected chi connectivity index (χ4v) is 1.89. The number of aryl methyl sites for hydroxylation is 1. The van der Waals surface area contributed by atoms with E-state index in [1.165, 1.54) is 5.56 Å².